The van der Waals surface area contributed by atoms with E-state index in [2.05, 4.69) is 13.8 Å². The summed E-state index contributed by atoms with van der Waals surface area (Å²) >= 11 is 0. The average molecular weight is 198 g/mol. The van der Waals surface area contributed by atoms with Crippen molar-refractivity contribution in [1.29, 1.82) is 0 Å². The Balaban J connectivity index is 4.39. The first-order chi connectivity index (χ1) is 6.43. The van der Waals surface area contributed by atoms with Crippen LogP contribution < -0.4 is 0 Å². The van der Waals surface area contributed by atoms with Crippen molar-refractivity contribution in [2.75, 3.05) is 7.11 Å². The standard InChI is InChI=1S/C12H22O2/c1-6-10(2)9-12(4,14-5)8-7-11(3)13/h7-8,10H,6,9H2,1-5H3. The molecule has 2 atom stereocenters. The van der Waals surface area contributed by atoms with Crippen LogP contribution in [0.5, 0.6) is 0 Å². The Morgan fingerprint density at radius 1 is 1.57 bits per heavy atom. The van der Waals surface area contributed by atoms with E-state index in [4.69, 9.17) is 4.74 Å². The van der Waals surface area contributed by atoms with Crippen LogP contribution in [-0.4, -0.2) is 18.5 Å². The van der Waals surface area contributed by atoms with Crippen molar-refractivity contribution in [3.8, 4) is 0 Å². The second-order valence-corrected chi connectivity index (χ2v) is 4.18. The van der Waals surface area contributed by atoms with Crippen LogP contribution >= 0.6 is 0 Å². The fourth-order valence-electron chi connectivity index (χ4n) is 1.35. The van der Waals surface area contributed by atoms with Gasteiger partial charge in [0.2, 0.25) is 0 Å². The maximum atomic E-state index is 10.8. The number of hydrogen-bond donors (Lipinski definition) is 0. The van der Waals surface area contributed by atoms with Gasteiger partial charge in [-0.2, -0.15) is 0 Å². The molecule has 0 fully saturated rings. The van der Waals surface area contributed by atoms with Crippen molar-refractivity contribution in [3.63, 3.8) is 0 Å². The summed E-state index contributed by atoms with van der Waals surface area (Å²) in [5, 5.41) is 0. The van der Waals surface area contributed by atoms with E-state index in [1.54, 1.807) is 20.1 Å². The maximum absolute atomic E-state index is 10.8. The minimum atomic E-state index is -0.304. The van der Waals surface area contributed by atoms with E-state index in [0.29, 0.717) is 5.92 Å². The number of carbonyl (C=O) groups is 1. The number of ketones is 1. The molecular weight excluding hydrogens is 176 g/mol. The van der Waals surface area contributed by atoms with E-state index < -0.39 is 0 Å². The highest BCUT2D eigenvalue weighted by Crippen LogP contribution is 2.23. The molecule has 0 radical (unpaired) electrons. The lowest BCUT2D eigenvalue weighted by Gasteiger charge is -2.27. The number of ether oxygens (including phenoxy) is 1. The quantitative estimate of drug-likeness (QED) is 0.613. The highest BCUT2D eigenvalue weighted by Gasteiger charge is 2.22. The molecule has 0 aromatic carbocycles. The van der Waals surface area contributed by atoms with Gasteiger partial charge in [0.25, 0.3) is 0 Å². The Hall–Kier alpha value is -0.630. The average Bonchev–Trinajstić information content (AvgIpc) is 2.14. The molecule has 0 N–H and O–H groups in total. The fourth-order valence-corrected chi connectivity index (χ4v) is 1.35. The third-order valence-corrected chi connectivity index (χ3v) is 2.59. The van der Waals surface area contributed by atoms with Gasteiger partial charge in [-0.15, -0.1) is 0 Å². The normalized spacial score (nSPS) is 18.1. The van der Waals surface area contributed by atoms with Crippen LogP contribution in [-0.2, 0) is 9.53 Å². The molecule has 0 aromatic rings. The smallest absolute Gasteiger partial charge is 0.152 e. The van der Waals surface area contributed by atoms with Crippen LogP contribution in [0.1, 0.15) is 40.5 Å². The van der Waals surface area contributed by atoms with Crippen molar-refractivity contribution in [2.45, 2.75) is 46.1 Å². The van der Waals surface area contributed by atoms with Gasteiger partial charge in [-0.3, -0.25) is 4.79 Å². The first kappa shape index (κ1) is 13.4. The van der Waals surface area contributed by atoms with Crippen molar-refractivity contribution in [1.82, 2.24) is 0 Å². The molecule has 2 nitrogen and oxygen atoms in total. The Labute approximate surface area is 87.3 Å². The lowest BCUT2D eigenvalue weighted by molar-refractivity contribution is -0.112. The van der Waals surface area contributed by atoms with Gasteiger partial charge in [0.05, 0.1) is 5.60 Å². The molecule has 0 aliphatic carbocycles. The first-order valence-corrected chi connectivity index (χ1v) is 5.18. The van der Waals surface area contributed by atoms with Gasteiger partial charge in [-0.25, -0.2) is 0 Å². The molecule has 2 unspecified atom stereocenters. The lowest BCUT2D eigenvalue weighted by Crippen LogP contribution is -2.27. The van der Waals surface area contributed by atoms with E-state index in [9.17, 15) is 4.79 Å². The zero-order valence-electron chi connectivity index (χ0n) is 9.96. The number of methoxy groups -OCH3 is 1. The molecule has 0 aromatic heterocycles. The molecule has 0 amide bonds. The van der Waals surface area contributed by atoms with Crippen LogP contribution in [0.15, 0.2) is 12.2 Å². The van der Waals surface area contributed by atoms with Crippen molar-refractivity contribution in [2.24, 2.45) is 5.92 Å². The van der Waals surface area contributed by atoms with Gasteiger partial charge in [-0.1, -0.05) is 20.3 Å². The highest BCUT2D eigenvalue weighted by molar-refractivity contribution is 5.87. The van der Waals surface area contributed by atoms with Gasteiger partial charge >= 0.3 is 0 Å². The van der Waals surface area contributed by atoms with E-state index in [-0.39, 0.29) is 11.4 Å². The molecule has 0 spiro atoms. The van der Waals surface area contributed by atoms with Crippen molar-refractivity contribution in [3.05, 3.63) is 12.2 Å². The van der Waals surface area contributed by atoms with Crippen molar-refractivity contribution >= 4 is 5.78 Å². The number of carbonyl (C=O) groups excluding carboxylic acids is 1. The third kappa shape index (κ3) is 5.18. The highest BCUT2D eigenvalue weighted by atomic mass is 16.5. The maximum Gasteiger partial charge on any atom is 0.152 e. The molecule has 0 aliphatic rings. The van der Waals surface area contributed by atoms with Crippen molar-refractivity contribution < 1.29 is 9.53 Å². The summed E-state index contributed by atoms with van der Waals surface area (Å²) in [5.41, 5.74) is -0.304. The number of hydrogen-bond acceptors (Lipinski definition) is 2. The molecule has 2 heteroatoms. The summed E-state index contributed by atoms with van der Waals surface area (Å²) in [6.07, 6.45) is 5.53. The molecule has 0 heterocycles. The second kappa shape index (κ2) is 5.97. The molecular formula is C12H22O2. The summed E-state index contributed by atoms with van der Waals surface area (Å²) in [5.74, 6) is 0.675. The SMILES string of the molecule is CCC(C)CC(C)(C=CC(C)=O)OC. The van der Waals surface area contributed by atoms with E-state index in [1.165, 1.54) is 0 Å². The zero-order chi connectivity index (χ0) is 11.2. The summed E-state index contributed by atoms with van der Waals surface area (Å²) in [6, 6.07) is 0. The van der Waals surface area contributed by atoms with Crippen LogP contribution in [0.4, 0.5) is 0 Å². The summed E-state index contributed by atoms with van der Waals surface area (Å²) < 4.78 is 5.42. The van der Waals surface area contributed by atoms with Crippen LogP contribution in [0.3, 0.4) is 0 Å². The number of allylic oxidation sites excluding steroid dienone is 1. The van der Waals surface area contributed by atoms with Gasteiger partial charge in [0.15, 0.2) is 5.78 Å². The Morgan fingerprint density at radius 3 is 2.50 bits per heavy atom. The van der Waals surface area contributed by atoms with Crippen LogP contribution in [0, 0.1) is 5.92 Å². The minimum absolute atomic E-state index is 0.0671. The minimum Gasteiger partial charge on any atom is -0.374 e. The van der Waals surface area contributed by atoms with E-state index in [0.717, 1.165) is 12.8 Å². The molecule has 0 saturated carbocycles. The van der Waals surface area contributed by atoms with Crippen LogP contribution in [0.25, 0.3) is 0 Å². The van der Waals surface area contributed by atoms with Gasteiger partial charge in [0.1, 0.15) is 0 Å². The summed E-state index contributed by atoms with van der Waals surface area (Å²) in [6.45, 7) is 7.92. The molecule has 14 heavy (non-hydrogen) atoms. The Bertz CT molecular complexity index is 208. The monoisotopic (exact) mass is 198 g/mol. The third-order valence-electron chi connectivity index (χ3n) is 2.59. The van der Waals surface area contributed by atoms with Gasteiger partial charge in [-0.05, 0) is 38.3 Å². The second-order valence-electron chi connectivity index (χ2n) is 4.18. The van der Waals surface area contributed by atoms with E-state index >= 15 is 0 Å². The summed E-state index contributed by atoms with van der Waals surface area (Å²) in [4.78, 5) is 10.8. The molecule has 0 rings (SSSR count). The molecule has 0 aliphatic heterocycles. The van der Waals surface area contributed by atoms with Crippen LogP contribution in [0.2, 0.25) is 0 Å². The molecule has 0 saturated heterocycles. The molecule has 0 bridgehead atoms. The lowest BCUT2D eigenvalue weighted by atomic mass is 9.91. The largest absolute Gasteiger partial charge is 0.374 e. The van der Waals surface area contributed by atoms with Gasteiger partial charge in [0, 0.05) is 7.11 Å². The zero-order valence-corrected chi connectivity index (χ0v) is 9.96. The predicted molar refractivity (Wildman–Crippen MR) is 59.3 cm³/mol. The number of rotatable bonds is 6. The topological polar surface area (TPSA) is 26.3 Å². The summed E-state index contributed by atoms with van der Waals surface area (Å²) in [7, 11) is 1.69. The fraction of sp³-hybridized carbons (Fsp3) is 0.750. The molecule has 82 valence electrons. The van der Waals surface area contributed by atoms with E-state index in [1.807, 2.05) is 13.0 Å². The van der Waals surface area contributed by atoms with Gasteiger partial charge < -0.3 is 4.74 Å². The first-order valence-electron chi connectivity index (χ1n) is 5.18. The predicted octanol–water partition coefficient (Wildman–Crippen LogP) is 2.97. The Kier molecular flexibility index (Phi) is 5.70. The Morgan fingerprint density at radius 2 is 2.14 bits per heavy atom.